The van der Waals surface area contributed by atoms with Gasteiger partial charge < -0.3 is 9.13 Å². The Hall–Kier alpha value is -5.94. The number of rotatable bonds is 2. The molecule has 5 aromatic carbocycles. The predicted octanol–water partition coefficient (Wildman–Crippen LogP) is 9.23. The Morgan fingerprint density at radius 2 is 0.977 bits per heavy atom. The summed E-state index contributed by atoms with van der Waals surface area (Å²) in [6.07, 6.45) is 5.90. The molecule has 0 fully saturated rings. The van der Waals surface area contributed by atoms with E-state index in [-0.39, 0.29) is 0 Å². The van der Waals surface area contributed by atoms with E-state index in [4.69, 9.17) is 9.97 Å². The lowest BCUT2D eigenvalue weighted by Crippen LogP contribution is -2.00. The Morgan fingerprint density at radius 1 is 0.419 bits per heavy atom. The molecule has 5 nitrogen and oxygen atoms in total. The van der Waals surface area contributed by atoms with Crippen LogP contribution in [0.1, 0.15) is 0 Å². The van der Waals surface area contributed by atoms with Crippen molar-refractivity contribution in [3.63, 3.8) is 0 Å². The Balaban J connectivity index is 1.67. The number of benzene rings is 5. The molecule has 0 aliphatic heterocycles. The molecule has 0 bridgehead atoms. The zero-order valence-electron chi connectivity index (χ0n) is 23.0. The minimum Gasteiger partial charge on any atom is -0.307 e. The van der Waals surface area contributed by atoms with E-state index < -0.39 is 0 Å². The van der Waals surface area contributed by atoms with E-state index >= 15 is 0 Å². The third-order valence-corrected chi connectivity index (χ3v) is 8.89. The summed E-state index contributed by atoms with van der Waals surface area (Å²) in [5.41, 5.74) is 9.92. The second-order valence-electron chi connectivity index (χ2n) is 11.1. The minimum absolute atomic E-state index is 0.916. The molecule has 0 saturated heterocycles. The molecule has 200 valence electrons. The first kappa shape index (κ1) is 22.7. The van der Waals surface area contributed by atoms with Gasteiger partial charge in [-0.25, -0.2) is 4.98 Å². The third-order valence-electron chi connectivity index (χ3n) is 8.89. The summed E-state index contributed by atoms with van der Waals surface area (Å²) < 4.78 is 7.16. The number of pyridine rings is 2. The number of nitrogens with zero attached hydrogens (tertiary/aromatic N) is 5. The van der Waals surface area contributed by atoms with Crippen molar-refractivity contribution in [1.29, 1.82) is 0 Å². The molecule has 0 amide bonds. The van der Waals surface area contributed by atoms with Crippen LogP contribution in [0.3, 0.4) is 0 Å². The first-order valence-electron chi connectivity index (χ1n) is 14.5. The third kappa shape index (κ3) is 2.85. The van der Waals surface area contributed by atoms with Crippen molar-refractivity contribution in [3.8, 4) is 11.4 Å². The molecule has 5 heterocycles. The van der Waals surface area contributed by atoms with E-state index in [2.05, 4.69) is 135 Å². The van der Waals surface area contributed by atoms with E-state index in [1.165, 1.54) is 32.6 Å². The van der Waals surface area contributed by atoms with Gasteiger partial charge in [0.05, 0.1) is 33.1 Å². The summed E-state index contributed by atoms with van der Waals surface area (Å²) in [4.78, 5) is 9.92. The molecule has 0 saturated carbocycles. The van der Waals surface area contributed by atoms with Crippen LogP contribution in [0.25, 0.3) is 82.4 Å². The van der Waals surface area contributed by atoms with Crippen LogP contribution in [-0.2, 0) is 0 Å². The molecule has 10 rings (SSSR count). The molecular formula is C38H23N5. The summed E-state index contributed by atoms with van der Waals surface area (Å²) in [7, 11) is 0. The van der Waals surface area contributed by atoms with Gasteiger partial charge in [-0.3, -0.25) is 9.38 Å². The monoisotopic (exact) mass is 549 g/mol. The van der Waals surface area contributed by atoms with E-state index in [0.29, 0.717) is 0 Å². The van der Waals surface area contributed by atoms with Crippen LogP contribution >= 0.6 is 0 Å². The van der Waals surface area contributed by atoms with Crippen LogP contribution in [-0.4, -0.2) is 23.5 Å². The van der Waals surface area contributed by atoms with Crippen molar-refractivity contribution in [2.45, 2.75) is 0 Å². The van der Waals surface area contributed by atoms with Gasteiger partial charge in [0.25, 0.3) is 0 Å². The van der Waals surface area contributed by atoms with Crippen LogP contribution in [0, 0.1) is 0 Å². The van der Waals surface area contributed by atoms with Gasteiger partial charge in [0.1, 0.15) is 5.65 Å². The Kier molecular flexibility index (Phi) is 4.39. The highest BCUT2D eigenvalue weighted by Gasteiger charge is 2.27. The fourth-order valence-corrected chi connectivity index (χ4v) is 7.29. The van der Waals surface area contributed by atoms with E-state index in [9.17, 15) is 0 Å². The van der Waals surface area contributed by atoms with E-state index in [0.717, 1.165) is 49.9 Å². The molecule has 0 aliphatic rings. The quantitative estimate of drug-likeness (QED) is 0.202. The first-order valence-corrected chi connectivity index (χ1v) is 14.5. The zero-order valence-corrected chi connectivity index (χ0v) is 23.0. The van der Waals surface area contributed by atoms with Gasteiger partial charge in [0, 0.05) is 62.3 Å². The fraction of sp³-hybridized carbons (Fsp3) is 0. The molecule has 0 atom stereocenters. The van der Waals surface area contributed by atoms with Gasteiger partial charge in [-0.2, -0.15) is 0 Å². The second-order valence-corrected chi connectivity index (χ2v) is 11.1. The van der Waals surface area contributed by atoms with Gasteiger partial charge in [0.15, 0.2) is 0 Å². The molecule has 0 spiro atoms. The molecule has 5 aromatic heterocycles. The SMILES string of the molecule is c1ccc(-n2c3ccccc3c3c4c5ncccc5c5nccn5c4c4c5ccccc5n(-c5ccccc5)c4c32)cc1. The molecular weight excluding hydrogens is 526 g/mol. The largest absolute Gasteiger partial charge is 0.307 e. The van der Waals surface area contributed by atoms with Crippen LogP contribution in [0.2, 0.25) is 0 Å². The van der Waals surface area contributed by atoms with Crippen LogP contribution in [0.15, 0.2) is 140 Å². The molecule has 0 radical (unpaired) electrons. The number of fused-ring (bicyclic) bond motifs is 15. The van der Waals surface area contributed by atoms with Gasteiger partial charge >= 0.3 is 0 Å². The van der Waals surface area contributed by atoms with Crippen molar-refractivity contribution in [2.24, 2.45) is 0 Å². The molecule has 0 N–H and O–H groups in total. The van der Waals surface area contributed by atoms with Gasteiger partial charge in [0.2, 0.25) is 0 Å². The van der Waals surface area contributed by atoms with Crippen molar-refractivity contribution >= 4 is 71.1 Å². The Labute approximate surface area is 245 Å². The lowest BCUT2D eigenvalue weighted by Gasteiger charge is -2.15. The van der Waals surface area contributed by atoms with E-state index in [1.54, 1.807) is 0 Å². The Morgan fingerprint density at radius 3 is 1.65 bits per heavy atom. The summed E-state index contributed by atoms with van der Waals surface area (Å²) in [6, 6.07) is 43.1. The highest BCUT2D eigenvalue weighted by molar-refractivity contribution is 6.39. The van der Waals surface area contributed by atoms with Gasteiger partial charge in [-0.1, -0.05) is 72.8 Å². The average molecular weight is 550 g/mol. The topological polar surface area (TPSA) is 40.1 Å². The standard InChI is InChI=1S/C38H23N5/c1-3-12-24(13-4-1)42-29-19-9-7-16-26(29)31-33-34-28(18-11-21-39-34)38-40-22-23-41(38)35(33)32-27-17-8-10-20-30(27)43(37(32)36(31)42)25-14-5-2-6-15-25/h1-23H. The maximum Gasteiger partial charge on any atom is 0.146 e. The summed E-state index contributed by atoms with van der Waals surface area (Å²) in [6.45, 7) is 0. The fourth-order valence-electron chi connectivity index (χ4n) is 7.29. The maximum absolute atomic E-state index is 5.06. The van der Waals surface area contributed by atoms with E-state index in [1.807, 2.05) is 18.5 Å². The zero-order chi connectivity index (χ0) is 28.1. The minimum atomic E-state index is 0.916. The van der Waals surface area contributed by atoms with Crippen molar-refractivity contribution < 1.29 is 0 Å². The second kappa shape index (κ2) is 8.30. The van der Waals surface area contributed by atoms with Crippen LogP contribution in [0.5, 0.6) is 0 Å². The number of aromatic nitrogens is 5. The first-order chi connectivity index (χ1) is 21.4. The van der Waals surface area contributed by atoms with Crippen molar-refractivity contribution in [1.82, 2.24) is 23.5 Å². The molecule has 43 heavy (non-hydrogen) atoms. The lowest BCUT2D eigenvalue weighted by atomic mass is 9.99. The number of hydrogen-bond donors (Lipinski definition) is 0. The molecule has 10 aromatic rings. The molecule has 0 aliphatic carbocycles. The number of hydrogen-bond acceptors (Lipinski definition) is 2. The summed E-state index contributed by atoms with van der Waals surface area (Å²) >= 11 is 0. The highest BCUT2D eigenvalue weighted by Crippen LogP contribution is 2.48. The maximum atomic E-state index is 5.06. The van der Waals surface area contributed by atoms with Crippen molar-refractivity contribution in [2.75, 3.05) is 0 Å². The highest BCUT2D eigenvalue weighted by atomic mass is 15.1. The van der Waals surface area contributed by atoms with Gasteiger partial charge in [-0.05, 0) is 48.5 Å². The average Bonchev–Trinajstić information content (AvgIpc) is 3.79. The van der Waals surface area contributed by atoms with Gasteiger partial charge in [-0.15, -0.1) is 0 Å². The normalized spacial score (nSPS) is 12.2. The molecule has 5 heteroatoms. The van der Waals surface area contributed by atoms with Crippen LogP contribution < -0.4 is 0 Å². The number of imidazole rings is 1. The Bertz CT molecular complexity index is 2710. The molecule has 0 unspecified atom stereocenters. The lowest BCUT2D eigenvalue weighted by molar-refractivity contribution is 1.15. The predicted molar refractivity (Wildman–Crippen MR) is 177 cm³/mol. The van der Waals surface area contributed by atoms with Crippen LogP contribution in [0.4, 0.5) is 0 Å². The smallest absolute Gasteiger partial charge is 0.146 e. The van der Waals surface area contributed by atoms with Crippen molar-refractivity contribution in [3.05, 3.63) is 140 Å². The summed E-state index contributed by atoms with van der Waals surface area (Å²) in [5, 5.41) is 6.97. The summed E-state index contributed by atoms with van der Waals surface area (Å²) in [5.74, 6) is 0. The number of para-hydroxylation sites is 4.